The molecule has 0 unspecified atom stereocenters. The Hall–Kier alpha value is -3.35. The first-order valence-corrected chi connectivity index (χ1v) is 8.78. The fourth-order valence-electron chi connectivity index (χ4n) is 3.28. The number of amides is 1. The molecule has 7 nitrogen and oxygen atoms in total. The average Bonchev–Trinajstić information content (AvgIpc) is 2.73. The predicted molar refractivity (Wildman–Crippen MR) is 100 cm³/mol. The van der Waals surface area contributed by atoms with Gasteiger partial charge in [-0.2, -0.15) is 0 Å². The highest BCUT2D eigenvalue weighted by Gasteiger charge is 2.28. The zero-order valence-corrected chi connectivity index (χ0v) is 15.0. The number of carbonyl (C=O) groups excluding carboxylic acids is 1. The molecule has 1 N–H and O–H groups in total. The number of rotatable bonds is 3. The van der Waals surface area contributed by atoms with Gasteiger partial charge in [0.05, 0.1) is 26.4 Å². The second kappa shape index (κ2) is 7.11. The molecule has 1 aliphatic heterocycles. The number of hydrogen-bond acceptors (Lipinski definition) is 5. The van der Waals surface area contributed by atoms with Crippen LogP contribution in [0.2, 0.25) is 0 Å². The van der Waals surface area contributed by atoms with Gasteiger partial charge in [-0.05, 0) is 30.3 Å². The zero-order valence-electron chi connectivity index (χ0n) is 15.0. The first-order valence-electron chi connectivity index (χ1n) is 8.78. The summed E-state index contributed by atoms with van der Waals surface area (Å²) in [6, 6.07) is 12.6. The van der Waals surface area contributed by atoms with Crippen molar-refractivity contribution in [3.63, 3.8) is 0 Å². The van der Waals surface area contributed by atoms with E-state index < -0.39 is 5.63 Å². The first-order chi connectivity index (χ1) is 13.2. The Morgan fingerprint density at radius 3 is 2.63 bits per heavy atom. The highest BCUT2D eigenvalue weighted by Crippen LogP contribution is 2.21. The Morgan fingerprint density at radius 2 is 1.93 bits per heavy atom. The average molecular weight is 366 g/mol. The Kier molecular flexibility index (Phi) is 4.50. The van der Waals surface area contributed by atoms with Crippen LogP contribution < -0.4 is 20.2 Å². The summed E-state index contributed by atoms with van der Waals surface area (Å²) in [7, 11) is 1.57. The van der Waals surface area contributed by atoms with Gasteiger partial charge in [-0.3, -0.25) is 9.69 Å². The number of fused-ring (bicyclic) bond motifs is 1. The summed E-state index contributed by atoms with van der Waals surface area (Å²) in [4.78, 5) is 32.2. The Morgan fingerprint density at radius 1 is 1.11 bits per heavy atom. The minimum atomic E-state index is -0.614. The highest BCUT2D eigenvalue weighted by atomic mass is 16.5. The third kappa shape index (κ3) is 3.36. The number of methoxy groups -OCH3 is 1. The highest BCUT2D eigenvalue weighted by molar-refractivity contribution is 5.97. The molecule has 0 saturated carbocycles. The van der Waals surface area contributed by atoms with Crippen molar-refractivity contribution in [1.82, 2.24) is 4.90 Å². The number of piperazine rings is 1. The molecule has 0 spiro atoms. The maximum absolute atomic E-state index is 12.9. The molecule has 1 aromatic carbocycles. The number of pyridine rings is 1. The quantitative estimate of drug-likeness (QED) is 0.658. The molecule has 0 aliphatic carbocycles. The van der Waals surface area contributed by atoms with E-state index >= 15 is 0 Å². The Bertz CT molecular complexity index is 1020. The minimum absolute atomic E-state index is 0.0514. The molecule has 1 saturated heterocycles. The largest absolute Gasteiger partial charge is 0.497 e. The lowest BCUT2D eigenvalue weighted by atomic mass is 10.1. The van der Waals surface area contributed by atoms with Crippen molar-refractivity contribution >= 4 is 22.7 Å². The lowest BCUT2D eigenvalue weighted by molar-refractivity contribution is -0.364. The summed E-state index contributed by atoms with van der Waals surface area (Å²) < 4.78 is 10.5. The molecule has 3 heterocycles. The lowest BCUT2D eigenvalue weighted by Gasteiger charge is -2.30. The van der Waals surface area contributed by atoms with Crippen molar-refractivity contribution in [1.29, 1.82) is 0 Å². The molecule has 3 aromatic rings. The summed E-state index contributed by atoms with van der Waals surface area (Å²) in [5.41, 5.74) is -0.131. The van der Waals surface area contributed by atoms with E-state index in [2.05, 4.69) is 9.88 Å². The molecule has 2 aromatic heterocycles. The molecule has 138 valence electrons. The minimum Gasteiger partial charge on any atom is -0.497 e. The van der Waals surface area contributed by atoms with Crippen molar-refractivity contribution < 1.29 is 18.9 Å². The van der Waals surface area contributed by atoms with E-state index in [0.29, 0.717) is 42.9 Å². The molecule has 1 amide bonds. The maximum atomic E-state index is 12.9. The van der Waals surface area contributed by atoms with Gasteiger partial charge in [-0.1, -0.05) is 6.07 Å². The Labute approximate surface area is 155 Å². The first kappa shape index (κ1) is 17.1. The van der Waals surface area contributed by atoms with Gasteiger partial charge in [0.15, 0.2) is 0 Å². The van der Waals surface area contributed by atoms with E-state index in [0.717, 1.165) is 5.82 Å². The van der Waals surface area contributed by atoms with Crippen molar-refractivity contribution in [3.05, 3.63) is 64.6 Å². The predicted octanol–water partition coefficient (Wildman–Crippen LogP) is 1.58. The van der Waals surface area contributed by atoms with Crippen molar-refractivity contribution in [2.75, 3.05) is 38.2 Å². The molecule has 0 atom stereocenters. The van der Waals surface area contributed by atoms with Crippen LogP contribution in [0.1, 0.15) is 10.4 Å². The number of hydrogen-bond donors (Lipinski definition) is 0. The van der Waals surface area contributed by atoms with Crippen LogP contribution in [-0.4, -0.2) is 44.1 Å². The maximum Gasteiger partial charge on any atom is 0.349 e. The molecular formula is C20H20N3O4+. The topological polar surface area (TPSA) is 77.1 Å². The lowest BCUT2D eigenvalue weighted by Crippen LogP contribution is -2.50. The normalized spacial score (nSPS) is 14.4. The van der Waals surface area contributed by atoms with Gasteiger partial charge in [0.25, 0.3) is 11.7 Å². The van der Waals surface area contributed by atoms with Gasteiger partial charge >= 0.3 is 5.63 Å². The summed E-state index contributed by atoms with van der Waals surface area (Å²) in [5.74, 6) is 1.36. The summed E-state index contributed by atoms with van der Waals surface area (Å²) in [6.45, 7) is 2.46. The van der Waals surface area contributed by atoms with Crippen molar-refractivity contribution in [2.24, 2.45) is 0 Å². The molecule has 1 aliphatic rings. The number of nitrogens with one attached hydrogen (secondary N) is 1. The summed E-state index contributed by atoms with van der Waals surface area (Å²) in [6.07, 6.45) is 1.88. The summed E-state index contributed by atoms with van der Waals surface area (Å²) in [5, 5.41) is 0.662. The number of ether oxygens (including phenoxy) is 1. The van der Waals surface area contributed by atoms with Gasteiger partial charge in [0.1, 0.15) is 30.0 Å². The second-order valence-corrected chi connectivity index (χ2v) is 6.38. The van der Waals surface area contributed by atoms with Gasteiger partial charge in [-0.15, -0.1) is 0 Å². The molecule has 0 bridgehead atoms. The molecule has 1 fully saturated rings. The zero-order chi connectivity index (χ0) is 18.8. The van der Waals surface area contributed by atoms with Gasteiger partial charge < -0.3 is 14.1 Å². The third-order valence-electron chi connectivity index (χ3n) is 4.77. The molecule has 27 heavy (non-hydrogen) atoms. The summed E-state index contributed by atoms with van der Waals surface area (Å²) >= 11 is 0. The van der Waals surface area contributed by atoms with Crippen LogP contribution >= 0.6 is 0 Å². The van der Waals surface area contributed by atoms with E-state index in [4.69, 9.17) is 9.15 Å². The second-order valence-electron chi connectivity index (χ2n) is 6.38. The number of nitrogens with zero attached hydrogens (tertiary/aromatic N) is 2. The van der Waals surface area contributed by atoms with Gasteiger partial charge in [-0.25, -0.2) is 9.78 Å². The van der Waals surface area contributed by atoms with Crippen LogP contribution in [0.5, 0.6) is 5.75 Å². The molecule has 0 radical (unpaired) electrons. The SMILES string of the molecule is COc1ccc2oc(=O)c(C(=O)N3CCN(c4cccc[nH+]4)CC3)cc2c1. The smallest absolute Gasteiger partial charge is 0.349 e. The van der Waals surface area contributed by atoms with Crippen LogP contribution in [-0.2, 0) is 0 Å². The van der Waals surface area contributed by atoms with Crippen molar-refractivity contribution in [2.45, 2.75) is 0 Å². The third-order valence-corrected chi connectivity index (χ3v) is 4.77. The van der Waals surface area contributed by atoms with Crippen molar-refractivity contribution in [3.8, 4) is 5.75 Å². The number of carbonyl (C=O) groups is 1. The number of H-pyrrole nitrogens is 1. The Balaban J connectivity index is 1.54. The van der Waals surface area contributed by atoms with E-state index in [1.807, 2.05) is 24.4 Å². The van der Waals surface area contributed by atoms with Crippen LogP contribution in [0.15, 0.2) is 57.9 Å². The standard InChI is InChI=1S/C20H19N3O4/c1-26-15-5-6-17-14(12-15)13-16(20(25)27-17)19(24)23-10-8-22(9-11-23)18-4-2-3-7-21-18/h2-7,12-13H,8-11H2,1H3/p+1. The molecular weight excluding hydrogens is 346 g/mol. The fourth-order valence-corrected chi connectivity index (χ4v) is 3.28. The van der Waals surface area contributed by atoms with Crippen LogP contribution in [0.3, 0.4) is 0 Å². The number of anilines is 1. The van der Waals surface area contributed by atoms with Gasteiger partial charge in [0, 0.05) is 11.5 Å². The molecule has 7 heteroatoms. The number of benzene rings is 1. The van der Waals surface area contributed by atoms with E-state index in [1.165, 1.54) is 0 Å². The van der Waals surface area contributed by atoms with Crippen LogP contribution in [0, 0.1) is 0 Å². The number of aromatic nitrogens is 1. The monoisotopic (exact) mass is 366 g/mol. The fraction of sp³-hybridized carbons (Fsp3) is 0.250. The van der Waals surface area contributed by atoms with E-state index in [9.17, 15) is 9.59 Å². The van der Waals surface area contributed by atoms with E-state index in [1.54, 1.807) is 36.3 Å². The van der Waals surface area contributed by atoms with Gasteiger partial charge in [0.2, 0.25) is 0 Å². The molecule has 4 rings (SSSR count). The van der Waals surface area contributed by atoms with E-state index in [-0.39, 0.29) is 11.5 Å². The number of aromatic amines is 1. The van der Waals surface area contributed by atoms with Crippen LogP contribution in [0.4, 0.5) is 5.82 Å². The van der Waals surface area contributed by atoms with Crippen LogP contribution in [0.25, 0.3) is 11.0 Å².